The number of carbonyl (C=O) groups is 1. The predicted molar refractivity (Wildman–Crippen MR) is 186 cm³/mol. The average molecular weight is 727 g/mol. The third-order valence-corrected chi connectivity index (χ3v) is 11.4. The fraction of sp³-hybridized carbons (Fsp3) is 0.289. The zero-order chi connectivity index (χ0) is 35.8. The summed E-state index contributed by atoms with van der Waals surface area (Å²) in [5.74, 6) is -0.701. The predicted octanol–water partition coefficient (Wildman–Crippen LogP) is 8.59. The molecule has 9 rings (SSSR count). The Morgan fingerprint density at radius 2 is 1.87 bits per heavy atom. The van der Waals surface area contributed by atoms with Gasteiger partial charge in [0.2, 0.25) is 11.8 Å². The van der Waals surface area contributed by atoms with E-state index in [1.165, 1.54) is 36.6 Å². The Morgan fingerprint density at radius 3 is 2.63 bits per heavy atom. The van der Waals surface area contributed by atoms with Crippen molar-refractivity contribution in [2.24, 2.45) is 0 Å². The number of ether oxygens (including phenoxy) is 1. The molecular weight excluding hydrogens is 697 g/mol. The van der Waals surface area contributed by atoms with Gasteiger partial charge < -0.3 is 19.4 Å². The highest BCUT2D eigenvalue weighted by Crippen LogP contribution is 2.52. The number of aromatic nitrogens is 4. The first-order valence-electron chi connectivity index (χ1n) is 16.9. The van der Waals surface area contributed by atoms with Crippen LogP contribution in [0.25, 0.3) is 32.0 Å². The van der Waals surface area contributed by atoms with Crippen LogP contribution in [0.15, 0.2) is 59.1 Å². The van der Waals surface area contributed by atoms with E-state index in [0.29, 0.717) is 68.8 Å². The van der Waals surface area contributed by atoms with Crippen molar-refractivity contribution in [3.63, 3.8) is 0 Å². The van der Waals surface area contributed by atoms with Crippen LogP contribution >= 0.6 is 11.3 Å². The summed E-state index contributed by atoms with van der Waals surface area (Å²) in [7, 11) is 1.22. The molecular formula is C38H30F4N6O3S. The quantitative estimate of drug-likeness (QED) is 0.156. The van der Waals surface area contributed by atoms with Gasteiger partial charge in [0, 0.05) is 35.7 Å². The van der Waals surface area contributed by atoms with Gasteiger partial charge in [-0.15, -0.1) is 21.5 Å². The van der Waals surface area contributed by atoms with E-state index < -0.39 is 24.2 Å². The Bertz CT molecular complexity index is 2400. The minimum atomic E-state index is -2.11. The Labute approximate surface area is 298 Å². The molecule has 0 unspecified atom stereocenters. The number of hydrogen-bond donors (Lipinski definition) is 1. The molecule has 1 aliphatic carbocycles. The van der Waals surface area contributed by atoms with Crippen molar-refractivity contribution in [2.75, 3.05) is 19.0 Å². The van der Waals surface area contributed by atoms with Crippen LogP contribution in [-0.4, -0.2) is 50.8 Å². The van der Waals surface area contributed by atoms with Crippen LogP contribution < -0.4 is 10.1 Å². The van der Waals surface area contributed by atoms with Gasteiger partial charge in [-0.1, -0.05) is 18.2 Å². The second-order valence-corrected chi connectivity index (χ2v) is 14.3. The third-order valence-electron chi connectivity index (χ3n) is 10.2. The lowest BCUT2D eigenvalue weighted by molar-refractivity contribution is 0.0776. The molecule has 1 fully saturated rings. The molecule has 1 saturated heterocycles. The number of thiophene rings is 1. The molecule has 9 nitrogen and oxygen atoms in total. The Balaban J connectivity index is 1.20. The number of hydrogen-bond acceptors (Lipinski definition) is 9. The molecule has 1 N–H and O–H groups in total. The molecule has 1 amide bonds. The molecule has 0 spiro atoms. The molecule has 0 radical (unpaired) electrons. The van der Waals surface area contributed by atoms with Crippen LogP contribution in [0, 0.1) is 18.6 Å². The molecule has 2 aliphatic heterocycles. The van der Waals surface area contributed by atoms with Crippen molar-refractivity contribution < 1.29 is 31.5 Å². The van der Waals surface area contributed by atoms with E-state index in [-0.39, 0.29) is 40.5 Å². The molecule has 14 heteroatoms. The summed E-state index contributed by atoms with van der Waals surface area (Å²) in [6.45, 7) is 2.30. The number of benzene rings is 2. The van der Waals surface area contributed by atoms with E-state index in [2.05, 4.69) is 20.5 Å². The minimum absolute atomic E-state index is 0.130. The Kier molecular flexibility index (Phi) is 7.75. The fourth-order valence-electron chi connectivity index (χ4n) is 7.87. The van der Waals surface area contributed by atoms with Crippen LogP contribution in [0.2, 0.25) is 0 Å². The number of halogens is 4. The maximum Gasteiger partial charge on any atom is 0.257 e. The second kappa shape index (κ2) is 12.4. The van der Waals surface area contributed by atoms with Crippen molar-refractivity contribution in [2.45, 2.75) is 57.0 Å². The van der Waals surface area contributed by atoms with Crippen molar-refractivity contribution in [3.05, 3.63) is 106 Å². The van der Waals surface area contributed by atoms with Crippen LogP contribution in [0.5, 0.6) is 5.75 Å². The zero-order valence-electron chi connectivity index (χ0n) is 27.9. The number of aryl methyl sites for hydroxylation is 3. The number of carbonyl (C=O) groups excluding carboxylic acids is 1. The monoisotopic (exact) mass is 726 g/mol. The summed E-state index contributed by atoms with van der Waals surface area (Å²) in [5, 5.41) is 12.3. The summed E-state index contributed by atoms with van der Waals surface area (Å²) in [6, 6.07) is 11.2. The van der Waals surface area contributed by atoms with Gasteiger partial charge in [-0.25, -0.2) is 22.5 Å². The number of rotatable bonds is 8. The first kappa shape index (κ1) is 32.5. The number of methoxy groups -OCH3 is 1. The molecule has 0 saturated carbocycles. The molecule has 2 aromatic carbocycles. The van der Waals surface area contributed by atoms with Gasteiger partial charge in [0.25, 0.3) is 5.91 Å². The van der Waals surface area contributed by atoms with E-state index in [1.54, 1.807) is 31.3 Å². The van der Waals surface area contributed by atoms with E-state index in [4.69, 9.17) is 14.1 Å². The van der Waals surface area contributed by atoms with Gasteiger partial charge in [-0.2, -0.15) is 0 Å². The van der Waals surface area contributed by atoms with E-state index in [1.807, 2.05) is 11.0 Å². The zero-order valence-corrected chi connectivity index (χ0v) is 28.7. The number of pyridine rings is 2. The van der Waals surface area contributed by atoms with Crippen molar-refractivity contribution >= 4 is 33.1 Å². The van der Waals surface area contributed by atoms with Crippen molar-refractivity contribution in [3.8, 4) is 27.6 Å². The molecule has 3 aliphatic rings. The molecule has 6 aromatic rings. The van der Waals surface area contributed by atoms with Crippen LogP contribution in [-0.2, 0) is 12.8 Å². The summed E-state index contributed by atoms with van der Waals surface area (Å²) in [5.41, 5.74) is 3.96. The molecule has 4 aromatic heterocycles. The second-order valence-electron chi connectivity index (χ2n) is 13.2. The van der Waals surface area contributed by atoms with E-state index in [0.717, 1.165) is 29.9 Å². The van der Waals surface area contributed by atoms with Gasteiger partial charge in [-0.05, 0) is 72.5 Å². The van der Waals surface area contributed by atoms with Gasteiger partial charge in [0.05, 0.1) is 46.4 Å². The fourth-order valence-corrected chi connectivity index (χ4v) is 9.03. The molecule has 4 atom stereocenters. The number of anilines is 1. The summed E-state index contributed by atoms with van der Waals surface area (Å²) in [6.07, 6.45) is 0.0502. The number of alkyl halides is 2. The standard InChI is InChI=1S/C38H30F4N6O3S/c1-17-46-47-37(51-17)27-23(12-7-18-5-8-20(39)9-6-18)44-33-24-4-3-15-48(24)38(49)29(33)28(27)25-16-19-13-14-43-36(35(19)52-25)45-32-21-10-11-22(40)34(50-2)26(21)30(41)31(32)42/h5-6,8-11,13-14,16,24,30-32H,3-4,7,12,15H2,1-2H3,(H,43,45)/t24-,30-,31-,32+/m0/s1. The highest BCUT2D eigenvalue weighted by Gasteiger charge is 2.46. The highest BCUT2D eigenvalue weighted by atomic mass is 32.1. The summed E-state index contributed by atoms with van der Waals surface area (Å²) >= 11 is 1.33. The van der Waals surface area contributed by atoms with E-state index >= 15 is 8.78 Å². The number of nitrogens with one attached hydrogen (secondary N) is 1. The van der Waals surface area contributed by atoms with Gasteiger partial charge in [-0.3, -0.25) is 9.78 Å². The number of amides is 1. The summed E-state index contributed by atoms with van der Waals surface area (Å²) < 4.78 is 71.0. The molecule has 264 valence electrons. The van der Waals surface area contributed by atoms with Crippen LogP contribution in [0.4, 0.5) is 23.4 Å². The first-order valence-corrected chi connectivity index (χ1v) is 17.8. The Morgan fingerprint density at radius 1 is 1.04 bits per heavy atom. The average Bonchev–Trinajstić information content (AvgIpc) is 3.97. The van der Waals surface area contributed by atoms with Crippen molar-refractivity contribution in [1.29, 1.82) is 0 Å². The lowest BCUT2D eigenvalue weighted by Gasteiger charge is -2.18. The molecule has 52 heavy (non-hydrogen) atoms. The first-order chi connectivity index (χ1) is 25.2. The maximum atomic E-state index is 15.7. The molecule has 0 bridgehead atoms. The normalized spacial score (nSPS) is 20.4. The smallest absolute Gasteiger partial charge is 0.257 e. The van der Waals surface area contributed by atoms with Crippen LogP contribution in [0.3, 0.4) is 0 Å². The highest BCUT2D eigenvalue weighted by molar-refractivity contribution is 7.23. The minimum Gasteiger partial charge on any atom is -0.493 e. The van der Waals surface area contributed by atoms with E-state index in [9.17, 15) is 13.6 Å². The third kappa shape index (κ3) is 5.06. The topological polar surface area (TPSA) is 106 Å². The van der Waals surface area contributed by atoms with Gasteiger partial charge in [0.1, 0.15) is 11.6 Å². The lowest BCUT2D eigenvalue weighted by Crippen LogP contribution is -2.22. The van der Waals surface area contributed by atoms with Gasteiger partial charge >= 0.3 is 0 Å². The van der Waals surface area contributed by atoms with Crippen LogP contribution in [0.1, 0.15) is 75.4 Å². The number of fused-ring (bicyclic) bond motifs is 5. The Hall–Kier alpha value is -5.37. The summed E-state index contributed by atoms with van der Waals surface area (Å²) in [4.78, 5) is 26.4. The maximum absolute atomic E-state index is 15.7. The van der Waals surface area contributed by atoms with Gasteiger partial charge in [0.15, 0.2) is 23.9 Å². The number of nitrogens with zero attached hydrogens (tertiary/aromatic N) is 5. The largest absolute Gasteiger partial charge is 0.493 e. The molecule has 6 heterocycles. The SMILES string of the molecule is COc1c(F)ccc2c1[C@H](F)[C@H](F)[C@@H]2Nc1nccc2cc(-c3c4c(nc(CCc5ccc(F)cc5)c3-c3nnc(C)o3)[C@@H]3CCCN3C4=O)sc12. The lowest BCUT2D eigenvalue weighted by atomic mass is 9.93. The van der Waals surface area contributed by atoms with Crippen molar-refractivity contribution in [1.82, 2.24) is 25.1 Å².